The van der Waals surface area contributed by atoms with E-state index in [1.807, 2.05) is 30.5 Å². The van der Waals surface area contributed by atoms with Crippen LogP contribution in [-0.2, 0) is 4.74 Å². The molecule has 1 fully saturated rings. The highest BCUT2D eigenvalue weighted by Crippen LogP contribution is 2.30. The largest absolute Gasteiger partial charge is 0.465 e. The van der Waals surface area contributed by atoms with Gasteiger partial charge in [-0.1, -0.05) is 12.1 Å². The van der Waals surface area contributed by atoms with Gasteiger partial charge in [-0.2, -0.15) is 0 Å². The van der Waals surface area contributed by atoms with Crippen molar-refractivity contribution in [3.05, 3.63) is 48.3 Å². The molecule has 1 atom stereocenters. The molecule has 1 aliphatic heterocycles. The second-order valence-corrected chi connectivity index (χ2v) is 6.57. The molecule has 0 aliphatic carbocycles. The van der Waals surface area contributed by atoms with Gasteiger partial charge >= 0.3 is 12.2 Å². The third-order valence-electron chi connectivity index (χ3n) is 4.02. The van der Waals surface area contributed by atoms with Crippen LogP contribution in [0.5, 0.6) is 0 Å². The highest BCUT2D eigenvalue weighted by Gasteiger charge is 2.32. The van der Waals surface area contributed by atoms with Crippen LogP contribution in [-0.4, -0.2) is 42.7 Å². The Balaban J connectivity index is 1.76. The zero-order chi connectivity index (χ0) is 18.7. The maximum absolute atomic E-state index is 14.6. The Morgan fingerprint density at radius 3 is 2.69 bits per heavy atom. The zero-order valence-electron chi connectivity index (χ0n) is 13.9. The molecule has 8 heteroatoms. The summed E-state index contributed by atoms with van der Waals surface area (Å²) in [6.45, 7) is 0.139. The lowest BCUT2D eigenvalue weighted by Gasteiger charge is -2.14. The Bertz CT molecular complexity index is 828. The van der Waals surface area contributed by atoms with E-state index in [1.54, 1.807) is 23.9 Å². The number of hydrogen-bond donors (Lipinski definition) is 2. The lowest BCUT2D eigenvalue weighted by Crippen LogP contribution is -2.33. The van der Waals surface area contributed by atoms with E-state index in [4.69, 9.17) is 9.84 Å². The number of benzene rings is 2. The predicted molar refractivity (Wildman–Crippen MR) is 97.3 cm³/mol. The summed E-state index contributed by atoms with van der Waals surface area (Å²) in [5.41, 5.74) is 1.56. The smallest absolute Gasteiger partial charge is 0.414 e. The predicted octanol–water partition coefficient (Wildman–Crippen LogP) is 3.81. The van der Waals surface area contributed by atoms with Crippen LogP contribution in [0.3, 0.4) is 0 Å². The summed E-state index contributed by atoms with van der Waals surface area (Å²) in [7, 11) is 0. The summed E-state index contributed by atoms with van der Waals surface area (Å²) < 4.78 is 19.7. The van der Waals surface area contributed by atoms with Crippen molar-refractivity contribution in [1.29, 1.82) is 0 Å². The molecule has 0 bridgehead atoms. The van der Waals surface area contributed by atoms with E-state index in [-0.39, 0.29) is 13.1 Å². The molecule has 2 amide bonds. The molecule has 26 heavy (non-hydrogen) atoms. The Morgan fingerprint density at radius 2 is 2.08 bits per heavy atom. The standard InChI is InChI=1S/C18H17FN2O4S/c1-26-14-5-2-11(3-6-14)15-7-4-12(8-16(15)19)21-10-13(25-18(21)24)9-20-17(22)23/h2-8,13,20H,9-10H2,1H3,(H,22,23)/t13-/m0/s1. The Kier molecular flexibility index (Phi) is 5.32. The average Bonchev–Trinajstić information content (AvgIpc) is 3.01. The lowest BCUT2D eigenvalue weighted by molar-refractivity contribution is 0.136. The van der Waals surface area contributed by atoms with Gasteiger partial charge in [0, 0.05) is 10.5 Å². The molecule has 1 heterocycles. The first kappa shape index (κ1) is 18.1. The Hall–Kier alpha value is -2.74. The molecule has 0 spiro atoms. The van der Waals surface area contributed by atoms with Crippen molar-refractivity contribution in [2.45, 2.75) is 11.0 Å². The van der Waals surface area contributed by atoms with Crippen LogP contribution >= 0.6 is 11.8 Å². The monoisotopic (exact) mass is 376 g/mol. The summed E-state index contributed by atoms with van der Waals surface area (Å²) >= 11 is 1.61. The molecule has 1 aliphatic rings. The van der Waals surface area contributed by atoms with Crippen LogP contribution in [0, 0.1) is 5.82 Å². The van der Waals surface area contributed by atoms with E-state index >= 15 is 0 Å². The molecule has 6 nitrogen and oxygen atoms in total. The van der Waals surface area contributed by atoms with Gasteiger partial charge in [0.15, 0.2) is 0 Å². The van der Waals surface area contributed by atoms with Crippen molar-refractivity contribution in [1.82, 2.24) is 5.32 Å². The third-order valence-corrected chi connectivity index (χ3v) is 4.76. The minimum Gasteiger partial charge on any atom is -0.465 e. The highest BCUT2D eigenvalue weighted by molar-refractivity contribution is 7.98. The molecule has 2 aromatic rings. The molecule has 2 aromatic carbocycles. The molecule has 136 valence electrons. The maximum atomic E-state index is 14.6. The molecule has 2 N–H and O–H groups in total. The van der Waals surface area contributed by atoms with Crippen LogP contribution in [0.25, 0.3) is 11.1 Å². The van der Waals surface area contributed by atoms with Crippen LogP contribution in [0.15, 0.2) is 47.4 Å². The molecular formula is C18H17FN2O4S. The van der Waals surface area contributed by atoms with Crippen LogP contribution in [0.4, 0.5) is 19.7 Å². The van der Waals surface area contributed by atoms with E-state index in [9.17, 15) is 14.0 Å². The number of nitrogens with one attached hydrogen (secondary N) is 1. The number of amides is 2. The molecular weight excluding hydrogens is 359 g/mol. The minimum absolute atomic E-state index is 0.0140. The van der Waals surface area contributed by atoms with Gasteiger partial charge in [-0.05, 0) is 42.2 Å². The number of thioether (sulfide) groups is 1. The molecule has 0 saturated carbocycles. The van der Waals surface area contributed by atoms with Gasteiger partial charge in [-0.25, -0.2) is 14.0 Å². The molecule has 0 aromatic heterocycles. The number of nitrogens with zero attached hydrogens (tertiary/aromatic N) is 1. The average molecular weight is 376 g/mol. The number of hydrogen-bond acceptors (Lipinski definition) is 4. The first-order valence-electron chi connectivity index (χ1n) is 7.87. The number of rotatable bonds is 5. The Morgan fingerprint density at radius 1 is 1.35 bits per heavy atom. The van der Waals surface area contributed by atoms with E-state index in [1.165, 1.54) is 11.0 Å². The number of anilines is 1. The summed E-state index contributed by atoms with van der Waals surface area (Å²) in [4.78, 5) is 24.9. The van der Waals surface area contributed by atoms with Crippen molar-refractivity contribution >= 4 is 29.6 Å². The van der Waals surface area contributed by atoms with Crippen LogP contribution in [0.1, 0.15) is 0 Å². The van der Waals surface area contributed by atoms with Crippen molar-refractivity contribution in [3.8, 4) is 11.1 Å². The second-order valence-electron chi connectivity index (χ2n) is 5.70. The number of carbonyl (C=O) groups is 2. The third kappa shape index (κ3) is 3.91. The van der Waals surface area contributed by atoms with Gasteiger partial charge in [0.2, 0.25) is 0 Å². The van der Waals surface area contributed by atoms with E-state index in [0.29, 0.717) is 11.3 Å². The number of carboxylic acid groups (broad SMARTS) is 1. The molecule has 1 saturated heterocycles. The zero-order valence-corrected chi connectivity index (χ0v) is 14.8. The quantitative estimate of drug-likeness (QED) is 0.776. The summed E-state index contributed by atoms with van der Waals surface area (Å²) in [6.07, 6.45) is -0.458. The highest BCUT2D eigenvalue weighted by atomic mass is 32.2. The molecule has 0 unspecified atom stereocenters. The van der Waals surface area contributed by atoms with E-state index in [2.05, 4.69) is 5.32 Å². The first-order chi connectivity index (χ1) is 12.5. The van der Waals surface area contributed by atoms with E-state index < -0.39 is 24.1 Å². The van der Waals surface area contributed by atoms with Gasteiger partial charge in [-0.15, -0.1) is 11.8 Å². The number of cyclic esters (lactones) is 1. The van der Waals surface area contributed by atoms with Gasteiger partial charge < -0.3 is 15.2 Å². The fourth-order valence-corrected chi connectivity index (χ4v) is 3.12. The second kappa shape index (κ2) is 7.65. The first-order valence-corrected chi connectivity index (χ1v) is 9.09. The summed E-state index contributed by atoms with van der Waals surface area (Å²) in [5.74, 6) is -0.445. The number of carbonyl (C=O) groups excluding carboxylic acids is 1. The summed E-state index contributed by atoms with van der Waals surface area (Å²) in [5, 5.41) is 10.8. The number of ether oxygens (including phenoxy) is 1. The maximum Gasteiger partial charge on any atom is 0.414 e. The normalized spacial score (nSPS) is 16.5. The lowest BCUT2D eigenvalue weighted by atomic mass is 10.0. The van der Waals surface area contributed by atoms with Crippen molar-refractivity contribution in [3.63, 3.8) is 0 Å². The van der Waals surface area contributed by atoms with Crippen LogP contribution in [0.2, 0.25) is 0 Å². The molecule has 0 radical (unpaired) electrons. The minimum atomic E-state index is -1.19. The van der Waals surface area contributed by atoms with Gasteiger partial charge in [0.25, 0.3) is 0 Å². The molecule has 3 rings (SSSR count). The summed E-state index contributed by atoms with van der Waals surface area (Å²) in [6, 6.07) is 12.1. The van der Waals surface area contributed by atoms with Crippen molar-refractivity contribution < 1.29 is 23.8 Å². The topological polar surface area (TPSA) is 78.9 Å². The fraction of sp³-hybridized carbons (Fsp3) is 0.222. The SMILES string of the molecule is CSc1ccc(-c2ccc(N3C[C@H](CNC(=O)O)OC3=O)cc2F)cc1. The van der Waals surface area contributed by atoms with Gasteiger partial charge in [-0.3, -0.25) is 4.90 Å². The van der Waals surface area contributed by atoms with Gasteiger partial charge in [0.1, 0.15) is 11.9 Å². The number of halogens is 1. The Labute approximate surface area is 154 Å². The van der Waals surface area contributed by atoms with E-state index in [0.717, 1.165) is 10.5 Å². The van der Waals surface area contributed by atoms with Crippen molar-refractivity contribution in [2.75, 3.05) is 24.2 Å². The van der Waals surface area contributed by atoms with Crippen LogP contribution < -0.4 is 10.2 Å². The van der Waals surface area contributed by atoms with Gasteiger partial charge in [0.05, 0.1) is 18.8 Å². The van der Waals surface area contributed by atoms with Crippen molar-refractivity contribution in [2.24, 2.45) is 0 Å². The fourth-order valence-electron chi connectivity index (χ4n) is 2.72.